The molecule has 98 valence electrons. The molecule has 2 atom stereocenters. The highest BCUT2D eigenvalue weighted by Crippen LogP contribution is 2.18. The molecule has 0 saturated heterocycles. The molecule has 2 unspecified atom stereocenters. The summed E-state index contributed by atoms with van der Waals surface area (Å²) in [6, 6.07) is 4.41. The second kappa shape index (κ2) is 8.35. The van der Waals surface area contributed by atoms with Crippen molar-refractivity contribution in [1.29, 1.82) is 0 Å². The van der Waals surface area contributed by atoms with Gasteiger partial charge in [-0.05, 0) is 37.4 Å². The molecule has 0 bridgehead atoms. The number of hydrogen-bond donors (Lipinski definition) is 1. The lowest BCUT2D eigenvalue weighted by molar-refractivity contribution is 0.352. The van der Waals surface area contributed by atoms with E-state index in [1.54, 1.807) is 6.26 Å². The number of furan rings is 1. The number of rotatable bonds is 9. The van der Waals surface area contributed by atoms with Gasteiger partial charge in [0, 0.05) is 0 Å². The van der Waals surface area contributed by atoms with Crippen molar-refractivity contribution in [1.82, 2.24) is 5.32 Å². The molecule has 1 aromatic heterocycles. The summed E-state index contributed by atoms with van der Waals surface area (Å²) in [6.45, 7) is 7.86. The zero-order valence-corrected chi connectivity index (χ0v) is 11.5. The van der Waals surface area contributed by atoms with Gasteiger partial charge in [0.1, 0.15) is 5.76 Å². The Labute approximate surface area is 106 Å². The third-order valence-corrected chi connectivity index (χ3v) is 3.49. The van der Waals surface area contributed by atoms with Gasteiger partial charge in [0.05, 0.1) is 12.3 Å². The van der Waals surface area contributed by atoms with Crippen LogP contribution in [0, 0.1) is 5.92 Å². The first-order valence-corrected chi connectivity index (χ1v) is 7.08. The molecule has 0 saturated carbocycles. The van der Waals surface area contributed by atoms with E-state index in [1.807, 2.05) is 6.07 Å². The van der Waals surface area contributed by atoms with Gasteiger partial charge < -0.3 is 9.73 Å². The number of nitrogens with one attached hydrogen (secondary N) is 1. The minimum absolute atomic E-state index is 0.376. The molecule has 1 heterocycles. The summed E-state index contributed by atoms with van der Waals surface area (Å²) in [7, 11) is 0. The monoisotopic (exact) mass is 237 g/mol. The summed E-state index contributed by atoms with van der Waals surface area (Å²) >= 11 is 0. The van der Waals surface area contributed by atoms with E-state index in [4.69, 9.17) is 4.42 Å². The first kappa shape index (κ1) is 14.3. The first-order chi connectivity index (χ1) is 8.31. The molecule has 0 aliphatic rings. The van der Waals surface area contributed by atoms with Gasteiger partial charge in [-0.15, -0.1) is 0 Å². The molecule has 2 nitrogen and oxygen atoms in total. The third kappa shape index (κ3) is 4.95. The second-order valence-corrected chi connectivity index (χ2v) is 4.80. The summed E-state index contributed by atoms with van der Waals surface area (Å²) < 4.78 is 5.47. The van der Waals surface area contributed by atoms with Gasteiger partial charge in [-0.1, -0.05) is 40.0 Å². The van der Waals surface area contributed by atoms with E-state index in [2.05, 4.69) is 32.2 Å². The van der Waals surface area contributed by atoms with Gasteiger partial charge in [-0.3, -0.25) is 0 Å². The van der Waals surface area contributed by atoms with Gasteiger partial charge in [0.25, 0.3) is 0 Å². The second-order valence-electron chi connectivity index (χ2n) is 4.80. The molecule has 1 rings (SSSR count). The zero-order chi connectivity index (χ0) is 12.5. The smallest absolute Gasteiger partial charge is 0.120 e. The Bertz CT molecular complexity index is 268. The fourth-order valence-corrected chi connectivity index (χ4v) is 2.19. The van der Waals surface area contributed by atoms with E-state index in [0.29, 0.717) is 6.04 Å². The minimum Gasteiger partial charge on any atom is -0.468 e. The van der Waals surface area contributed by atoms with Crippen molar-refractivity contribution in [3.63, 3.8) is 0 Å². The Morgan fingerprint density at radius 3 is 2.59 bits per heavy atom. The fraction of sp³-hybridized carbons (Fsp3) is 0.733. The van der Waals surface area contributed by atoms with Crippen molar-refractivity contribution >= 4 is 0 Å². The standard InChI is InChI=1S/C15H27NO/c1-4-7-9-13(5-2)12-16-14(6-3)15-10-8-11-17-15/h8,10-11,13-14,16H,4-7,9,12H2,1-3H3. The molecule has 1 N–H and O–H groups in total. The van der Waals surface area contributed by atoms with Crippen molar-refractivity contribution in [2.24, 2.45) is 5.92 Å². The largest absolute Gasteiger partial charge is 0.468 e. The lowest BCUT2D eigenvalue weighted by atomic mass is 9.98. The maximum Gasteiger partial charge on any atom is 0.120 e. The van der Waals surface area contributed by atoms with Crippen molar-refractivity contribution < 1.29 is 4.42 Å². The molecule has 2 heteroatoms. The molecular formula is C15H27NO. The summed E-state index contributed by atoms with van der Waals surface area (Å²) in [6.07, 6.45) is 8.09. The average Bonchev–Trinajstić information content (AvgIpc) is 2.87. The Morgan fingerprint density at radius 1 is 1.24 bits per heavy atom. The summed E-state index contributed by atoms with van der Waals surface area (Å²) in [5.41, 5.74) is 0. The predicted octanol–water partition coefficient (Wildman–Crippen LogP) is 4.54. The van der Waals surface area contributed by atoms with Crippen LogP contribution in [0.25, 0.3) is 0 Å². The van der Waals surface area contributed by atoms with Crippen molar-refractivity contribution in [2.45, 2.75) is 58.9 Å². The van der Waals surface area contributed by atoms with Gasteiger partial charge in [-0.2, -0.15) is 0 Å². The van der Waals surface area contributed by atoms with Gasteiger partial charge in [-0.25, -0.2) is 0 Å². The van der Waals surface area contributed by atoms with Crippen LogP contribution in [0.15, 0.2) is 22.8 Å². The van der Waals surface area contributed by atoms with Crippen LogP contribution >= 0.6 is 0 Å². The molecule has 17 heavy (non-hydrogen) atoms. The first-order valence-electron chi connectivity index (χ1n) is 7.08. The molecule has 0 aliphatic heterocycles. The molecule has 0 spiro atoms. The molecule has 1 aromatic rings. The van der Waals surface area contributed by atoms with E-state index >= 15 is 0 Å². The van der Waals surface area contributed by atoms with Crippen LogP contribution in [0.5, 0.6) is 0 Å². The van der Waals surface area contributed by atoms with E-state index in [-0.39, 0.29) is 0 Å². The van der Waals surface area contributed by atoms with E-state index < -0.39 is 0 Å². The Kier molecular flexibility index (Phi) is 7.02. The highest BCUT2D eigenvalue weighted by atomic mass is 16.3. The normalized spacial score (nSPS) is 14.8. The SMILES string of the molecule is CCCCC(CC)CNC(CC)c1ccco1. The van der Waals surface area contributed by atoms with Gasteiger partial charge >= 0.3 is 0 Å². The average molecular weight is 237 g/mol. The number of unbranched alkanes of at least 4 members (excludes halogenated alkanes) is 1. The van der Waals surface area contributed by atoms with Crippen molar-refractivity contribution in [2.75, 3.05) is 6.54 Å². The highest BCUT2D eigenvalue weighted by molar-refractivity contribution is 5.03. The third-order valence-electron chi connectivity index (χ3n) is 3.49. The van der Waals surface area contributed by atoms with E-state index in [0.717, 1.165) is 24.6 Å². The molecule has 0 aliphatic carbocycles. The highest BCUT2D eigenvalue weighted by Gasteiger charge is 2.13. The van der Waals surface area contributed by atoms with Crippen LogP contribution < -0.4 is 5.32 Å². The Morgan fingerprint density at radius 2 is 2.06 bits per heavy atom. The summed E-state index contributed by atoms with van der Waals surface area (Å²) in [4.78, 5) is 0. The predicted molar refractivity (Wildman–Crippen MR) is 73.0 cm³/mol. The molecule has 0 amide bonds. The van der Waals surface area contributed by atoms with Crippen LogP contribution in [-0.2, 0) is 0 Å². The van der Waals surface area contributed by atoms with Gasteiger partial charge in [0.2, 0.25) is 0 Å². The number of hydrogen-bond acceptors (Lipinski definition) is 2. The summed E-state index contributed by atoms with van der Waals surface area (Å²) in [5, 5.41) is 3.64. The van der Waals surface area contributed by atoms with E-state index in [1.165, 1.54) is 25.7 Å². The van der Waals surface area contributed by atoms with Crippen molar-refractivity contribution in [3.05, 3.63) is 24.2 Å². The van der Waals surface area contributed by atoms with E-state index in [9.17, 15) is 0 Å². The zero-order valence-electron chi connectivity index (χ0n) is 11.5. The maximum atomic E-state index is 5.47. The summed E-state index contributed by atoms with van der Waals surface area (Å²) in [5.74, 6) is 1.87. The Balaban J connectivity index is 2.35. The maximum absolute atomic E-state index is 5.47. The topological polar surface area (TPSA) is 25.2 Å². The lowest BCUT2D eigenvalue weighted by Gasteiger charge is -2.20. The van der Waals surface area contributed by atoms with Crippen LogP contribution in [0.1, 0.15) is 64.7 Å². The molecule has 0 aromatic carbocycles. The lowest BCUT2D eigenvalue weighted by Crippen LogP contribution is -2.26. The van der Waals surface area contributed by atoms with Crippen LogP contribution in [0.3, 0.4) is 0 Å². The molecular weight excluding hydrogens is 210 g/mol. The van der Waals surface area contributed by atoms with Crippen LogP contribution in [-0.4, -0.2) is 6.54 Å². The quantitative estimate of drug-likeness (QED) is 0.682. The minimum atomic E-state index is 0.376. The van der Waals surface area contributed by atoms with Crippen LogP contribution in [0.2, 0.25) is 0 Å². The Hall–Kier alpha value is -0.760. The van der Waals surface area contributed by atoms with Gasteiger partial charge in [0.15, 0.2) is 0 Å². The van der Waals surface area contributed by atoms with Crippen LogP contribution in [0.4, 0.5) is 0 Å². The molecule has 0 fully saturated rings. The van der Waals surface area contributed by atoms with Crippen molar-refractivity contribution in [3.8, 4) is 0 Å². The molecule has 0 radical (unpaired) electrons. The fourth-order valence-electron chi connectivity index (χ4n) is 2.19.